The Kier molecular flexibility index (Phi) is 4.28. The molecule has 0 heterocycles. The summed E-state index contributed by atoms with van der Waals surface area (Å²) in [6, 6.07) is 6.21. The maximum absolute atomic E-state index is 13.3. The predicted octanol–water partition coefficient (Wildman–Crippen LogP) is 1.66. The Morgan fingerprint density at radius 3 is 2.89 bits per heavy atom. The Labute approximate surface area is 105 Å². The van der Waals surface area contributed by atoms with Crippen LogP contribution in [0.5, 0.6) is 0 Å². The first kappa shape index (κ1) is 13.0. The number of ether oxygens (including phenoxy) is 1. The first-order valence-corrected chi connectivity index (χ1v) is 6.06. The summed E-state index contributed by atoms with van der Waals surface area (Å²) in [6.07, 6.45) is 2.65. The monoisotopic (exact) mass is 252 g/mol. The molecular weight excluding hydrogens is 235 g/mol. The first-order valence-electron chi connectivity index (χ1n) is 6.06. The molecule has 2 rings (SSSR count). The van der Waals surface area contributed by atoms with Gasteiger partial charge in [0.1, 0.15) is 12.4 Å². The summed E-state index contributed by atoms with van der Waals surface area (Å²) in [5.41, 5.74) is 5.92. The number of halogens is 1. The lowest BCUT2D eigenvalue weighted by Gasteiger charge is -2.11. The molecule has 0 bridgehead atoms. The second kappa shape index (κ2) is 5.93. The minimum absolute atomic E-state index is 0.0476. The third-order valence-electron chi connectivity index (χ3n) is 3.02. The summed E-state index contributed by atoms with van der Waals surface area (Å²) < 4.78 is 18.7. The molecule has 2 unspecified atom stereocenters. The zero-order chi connectivity index (χ0) is 13.0. The zero-order valence-electron chi connectivity index (χ0n) is 10.1. The highest BCUT2D eigenvalue weighted by atomic mass is 19.1. The molecule has 1 fully saturated rings. The largest absolute Gasteiger partial charge is 0.368 e. The molecule has 98 valence electrons. The number of carbonyl (C=O) groups is 1. The molecule has 18 heavy (non-hydrogen) atoms. The van der Waals surface area contributed by atoms with E-state index in [0.717, 1.165) is 19.3 Å². The van der Waals surface area contributed by atoms with Crippen LogP contribution in [0.2, 0.25) is 0 Å². The van der Waals surface area contributed by atoms with Gasteiger partial charge in [-0.3, -0.25) is 4.79 Å². The maximum atomic E-state index is 13.3. The number of hydrogen-bond donors (Lipinski definition) is 2. The summed E-state index contributed by atoms with van der Waals surface area (Å²) >= 11 is 0. The molecule has 1 aromatic carbocycles. The lowest BCUT2D eigenvalue weighted by molar-refractivity contribution is -0.122. The van der Waals surface area contributed by atoms with Crippen LogP contribution in [0.3, 0.4) is 0 Å². The Hall–Kier alpha value is -1.46. The van der Waals surface area contributed by atoms with Crippen molar-refractivity contribution in [1.82, 2.24) is 0 Å². The van der Waals surface area contributed by atoms with E-state index in [1.807, 2.05) is 0 Å². The lowest BCUT2D eigenvalue weighted by Crippen LogP contribution is -2.23. The van der Waals surface area contributed by atoms with Crippen molar-refractivity contribution in [1.29, 1.82) is 0 Å². The minimum Gasteiger partial charge on any atom is -0.368 e. The number of benzene rings is 1. The predicted molar refractivity (Wildman–Crippen MR) is 66.6 cm³/mol. The number of para-hydroxylation sites is 1. The van der Waals surface area contributed by atoms with E-state index >= 15 is 0 Å². The van der Waals surface area contributed by atoms with Gasteiger partial charge >= 0.3 is 0 Å². The molecule has 0 saturated heterocycles. The van der Waals surface area contributed by atoms with Crippen molar-refractivity contribution < 1.29 is 13.9 Å². The van der Waals surface area contributed by atoms with Crippen molar-refractivity contribution in [2.24, 2.45) is 5.73 Å². The highest BCUT2D eigenvalue weighted by molar-refractivity contribution is 5.91. The van der Waals surface area contributed by atoms with E-state index in [1.54, 1.807) is 12.1 Å². The van der Waals surface area contributed by atoms with Gasteiger partial charge in [-0.2, -0.15) is 0 Å². The third kappa shape index (κ3) is 3.51. The fraction of sp³-hybridized carbons (Fsp3) is 0.462. The second-order valence-electron chi connectivity index (χ2n) is 4.53. The second-order valence-corrected chi connectivity index (χ2v) is 4.53. The van der Waals surface area contributed by atoms with Crippen LogP contribution < -0.4 is 11.1 Å². The lowest BCUT2D eigenvalue weighted by atomic mass is 10.3. The Bertz CT molecular complexity index is 425. The zero-order valence-corrected chi connectivity index (χ0v) is 10.1. The molecule has 1 aliphatic rings. The molecule has 4 nitrogen and oxygen atoms in total. The van der Waals surface area contributed by atoms with Crippen molar-refractivity contribution in [3.8, 4) is 0 Å². The molecule has 5 heteroatoms. The van der Waals surface area contributed by atoms with Crippen LogP contribution >= 0.6 is 0 Å². The highest BCUT2D eigenvalue weighted by Crippen LogP contribution is 2.20. The molecule has 2 atom stereocenters. The van der Waals surface area contributed by atoms with Gasteiger partial charge in [-0.25, -0.2) is 4.39 Å². The van der Waals surface area contributed by atoms with Gasteiger partial charge in [0.15, 0.2) is 0 Å². The van der Waals surface area contributed by atoms with Crippen LogP contribution in [0.15, 0.2) is 24.3 Å². The van der Waals surface area contributed by atoms with Crippen LogP contribution in [0.25, 0.3) is 0 Å². The Morgan fingerprint density at radius 2 is 2.22 bits per heavy atom. The molecular formula is C13H17FN2O2. The molecule has 1 aromatic rings. The van der Waals surface area contributed by atoms with Crippen LogP contribution in [-0.4, -0.2) is 24.7 Å². The van der Waals surface area contributed by atoms with Crippen molar-refractivity contribution in [3.63, 3.8) is 0 Å². The van der Waals surface area contributed by atoms with Gasteiger partial charge in [0, 0.05) is 6.04 Å². The van der Waals surface area contributed by atoms with Gasteiger partial charge in [-0.15, -0.1) is 0 Å². The van der Waals surface area contributed by atoms with E-state index in [1.165, 1.54) is 12.1 Å². The number of rotatable bonds is 4. The Morgan fingerprint density at radius 1 is 1.44 bits per heavy atom. The molecule has 3 N–H and O–H groups in total. The number of anilines is 1. The normalized spacial score (nSPS) is 23.0. The Balaban J connectivity index is 1.77. The standard InChI is InChI=1S/C13H17FN2O2/c14-11-3-1-2-4-12(11)16-13(17)8-18-10-6-5-9(15)7-10/h1-4,9-10H,5-8,15H2,(H,16,17). The van der Waals surface area contributed by atoms with Crippen molar-refractivity contribution in [2.75, 3.05) is 11.9 Å². The van der Waals surface area contributed by atoms with E-state index in [2.05, 4.69) is 5.32 Å². The molecule has 0 aromatic heterocycles. The number of nitrogens with two attached hydrogens (primary N) is 1. The third-order valence-corrected chi connectivity index (χ3v) is 3.02. The molecule has 1 amide bonds. The fourth-order valence-electron chi connectivity index (χ4n) is 2.07. The van der Waals surface area contributed by atoms with Crippen LogP contribution in [0.4, 0.5) is 10.1 Å². The van der Waals surface area contributed by atoms with Gasteiger partial charge in [-0.1, -0.05) is 12.1 Å². The smallest absolute Gasteiger partial charge is 0.250 e. The molecule has 1 aliphatic carbocycles. The van der Waals surface area contributed by atoms with Crippen molar-refractivity contribution >= 4 is 11.6 Å². The topological polar surface area (TPSA) is 64.3 Å². The molecule has 0 spiro atoms. The molecule has 1 saturated carbocycles. The first-order chi connectivity index (χ1) is 8.65. The summed E-state index contributed by atoms with van der Waals surface area (Å²) in [7, 11) is 0. The van der Waals surface area contributed by atoms with Crippen LogP contribution in [0, 0.1) is 5.82 Å². The number of amides is 1. The van der Waals surface area contributed by atoms with Gasteiger partial charge in [0.05, 0.1) is 11.8 Å². The fourth-order valence-corrected chi connectivity index (χ4v) is 2.07. The average molecular weight is 252 g/mol. The molecule has 0 radical (unpaired) electrons. The van der Waals surface area contributed by atoms with Crippen molar-refractivity contribution in [2.45, 2.75) is 31.4 Å². The van der Waals surface area contributed by atoms with Crippen LogP contribution in [-0.2, 0) is 9.53 Å². The van der Waals surface area contributed by atoms with E-state index in [9.17, 15) is 9.18 Å². The van der Waals surface area contributed by atoms with E-state index < -0.39 is 5.82 Å². The van der Waals surface area contributed by atoms with Crippen molar-refractivity contribution in [3.05, 3.63) is 30.1 Å². The van der Waals surface area contributed by atoms with Crippen LogP contribution in [0.1, 0.15) is 19.3 Å². The highest BCUT2D eigenvalue weighted by Gasteiger charge is 2.22. The minimum atomic E-state index is -0.450. The molecule has 0 aliphatic heterocycles. The SMILES string of the molecule is NC1CCC(OCC(=O)Nc2ccccc2F)C1. The van der Waals surface area contributed by atoms with Gasteiger partial charge < -0.3 is 15.8 Å². The summed E-state index contributed by atoms with van der Waals surface area (Å²) in [5.74, 6) is -0.797. The van der Waals surface area contributed by atoms with Gasteiger partial charge in [0.2, 0.25) is 5.91 Å². The number of nitrogens with one attached hydrogen (secondary N) is 1. The van der Waals surface area contributed by atoms with Gasteiger partial charge in [-0.05, 0) is 31.4 Å². The van der Waals surface area contributed by atoms with Gasteiger partial charge in [0.25, 0.3) is 0 Å². The number of carbonyl (C=O) groups excluding carboxylic acids is 1. The maximum Gasteiger partial charge on any atom is 0.250 e. The number of hydrogen-bond acceptors (Lipinski definition) is 3. The van der Waals surface area contributed by atoms with E-state index in [4.69, 9.17) is 10.5 Å². The summed E-state index contributed by atoms with van der Waals surface area (Å²) in [5, 5.41) is 2.48. The van der Waals surface area contributed by atoms with E-state index in [0.29, 0.717) is 0 Å². The summed E-state index contributed by atoms with van der Waals surface area (Å²) in [4.78, 5) is 11.6. The van der Waals surface area contributed by atoms with E-state index in [-0.39, 0.29) is 30.3 Å². The average Bonchev–Trinajstić information content (AvgIpc) is 2.76. The summed E-state index contributed by atoms with van der Waals surface area (Å²) in [6.45, 7) is -0.0638. The quantitative estimate of drug-likeness (QED) is 0.856.